The molecule has 0 saturated heterocycles. The highest BCUT2D eigenvalue weighted by molar-refractivity contribution is 5.97. The molecule has 0 radical (unpaired) electrons. The lowest BCUT2D eigenvalue weighted by Gasteiger charge is -2.19. The van der Waals surface area contributed by atoms with Gasteiger partial charge in [0, 0.05) is 6.54 Å². The number of rotatable bonds is 4. The van der Waals surface area contributed by atoms with E-state index in [1.165, 1.54) is 26.0 Å². The summed E-state index contributed by atoms with van der Waals surface area (Å²) >= 11 is 0. The van der Waals surface area contributed by atoms with E-state index < -0.39 is 17.3 Å². The van der Waals surface area contributed by atoms with Crippen molar-refractivity contribution in [3.63, 3.8) is 0 Å². The lowest BCUT2D eigenvalue weighted by molar-refractivity contribution is -0.146. The van der Waals surface area contributed by atoms with Gasteiger partial charge in [0.05, 0.1) is 11.0 Å². The molecule has 0 bridgehead atoms. The zero-order valence-electron chi connectivity index (χ0n) is 10.1. The second kappa shape index (κ2) is 4.95. The molecule has 0 aliphatic heterocycles. The number of carbonyl (C=O) groups is 2. The first-order valence-electron chi connectivity index (χ1n) is 5.27. The molecule has 0 aliphatic rings. The number of phenols is 2. The molecule has 1 aromatic rings. The molecule has 18 heavy (non-hydrogen) atoms. The van der Waals surface area contributed by atoms with Crippen LogP contribution >= 0.6 is 0 Å². The number of benzene rings is 1. The van der Waals surface area contributed by atoms with Gasteiger partial charge in [-0.1, -0.05) is 0 Å². The summed E-state index contributed by atoms with van der Waals surface area (Å²) in [6.45, 7) is 2.85. The number of hydrogen-bond acceptors (Lipinski definition) is 4. The number of aromatic hydroxyl groups is 2. The lowest BCUT2D eigenvalue weighted by Crippen LogP contribution is -2.38. The van der Waals surface area contributed by atoms with Gasteiger partial charge in [0.1, 0.15) is 11.5 Å². The monoisotopic (exact) mass is 253 g/mol. The van der Waals surface area contributed by atoms with E-state index in [1.807, 2.05) is 0 Å². The molecule has 6 heteroatoms. The first-order valence-corrected chi connectivity index (χ1v) is 5.27. The van der Waals surface area contributed by atoms with Crippen molar-refractivity contribution in [1.29, 1.82) is 0 Å². The number of nitrogens with one attached hydrogen (secondary N) is 1. The molecule has 0 aliphatic carbocycles. The quantitative estimate of drug-likeness (QED) is 0.597. The molecular weight excluding hydrogens is 238 g/mol. The summed E-state index contributed by atoms with van der Waals surface area (Å²) in [5.74, 6) is -2.12. The summed E-state index contributed by atoms with van der Waals surface area (Å²) in [6, 6.07) is 3.54. The summed E-state index contributed by atoms with van der Waals surface area (Å²) in [5.41, 5.74) is -1.21. The van der Waals surface area contributed by atoms with Crippen molar-refractivity contribution < 1.29 is 24.9 Å². The molecule has 0 atom stereocenters. The van der Waals surface area contributed by atoms with Crippen molar-refractivity contribution in [2.24, 2.45) is 5.41 Å². The molecule has 6 nitrogen and oxygen atoms in total. The minimum Gasteiger partial charge on any atom is -0.508 e. The van der Waals surface area contributed by atoms with Gasteiger partial charge in [0.15, 0.2) is 0 Å². The molecule has 98 valence electrons. The molecule has 0 spiro atoms. The number of hydrogen-bond donors (Lipinski definition) is 4. The van der Waals surface area contributed by atoms with Gasteiger partial charge in [-0.05, 0) is 32.0 Å². The number of carboxylic acid groups (broad SMARTS) is 1. The van der Waals surface area contributed by atoms with Gasteiger partial charge in [0.2, 0.25) is 0 Å². The Morgan fingerprint density at radius 2 is 1.89 bits per heavy atom. The van der Waals surface area contributed by atoms with E-state index >= 15 is 0 Å². The fraction of sp³-hybridized carbons (Fsp3) is 0.333. The second-order valence-electron chi connectivity index (χ2n) is 4.57. The van der Waals surface area contributed by atoms with Crippen molar-refractivity contribution in [3.8, 4) is 11.5 Å². The number of carboxylic acids is 1. The van der Waals surface area contributed by atoms with Crippen LogP contribution in [0, 0.1) is 5.41 Å². The Kier molecular flexibility index (Phi) is 3.80. The number of phenolic OH excluding ortho intramolecular Hbond substituents is 2. The van der Waals surface area contributed by atoms with Gasteiger partial charge in [-0.3, -0.25) is 9.59 Å². The molecule has 0 unspecified atom stereocenters. The van der Waals surface area contributed by atoms with Crippen LogP contribution < -0.4 is 5.32 Å². The molecule has 1 rings (SSSR count). The van der Waals surface area contributed by atoms with E-state index in [4.69, 9.17) is 5.11 Å². The molecule has 0 saturated carbocycles. The molecule has 1 amide bonds. The SMILES string of the molecule is CC(C)(CNC(=O)c1cc(O)ccc1O)C(=O)O. The minimum atomic E-state index is -1.11. The van der Waals surface area contributed by atoms with Crippen LogP contribution in [0.4, 0.5) is 0 Å². The third-order valence-electron chi connectivity index (χ3n) is 2.49. The zero-order valence-corrected chi connectivity index (χ0v) is 10.1. The zero-order chi connectivity index (χ0) is 13.9. The van der Waals surface area contributed by atoms with Crippen molar-refractivity contribution in [2.75, 3.05) is 6.54 Å². The second-order valence-corrected chi connectivity index (χ2v) is 4.57. The van der Waals surface area contributed by atoms with Crippen LogP contribution in [0.5, 0.6) is 11.5 Å². The lowest BCUT2D eigenvalue weighted by atomic mass is 9.94. The summed E-state index contributed by atoms with van der Waals surface area (Å²) in [5, 5.41) is 30.0. The number of aliphatic carboxylic acids is 1. The molecule has 0 heterocycles. The maximum absolute atomic E-state index is 11.7. The third-order valence-corrected chi connectivity index (χ3v) is 2.49. The first kappa shape index (κ1) is 13.8. The fourth-order valence-corrected chi connectivity index (χ4v) is 1.18. The summed E-state index contributed by atoms with van der Waals surface area (Å²) < 4.78 is 0. The van der Waals surface area contributed by atoms with Crippen LogP contribution in [-0.2, 0) is 4.79 Å². The number of amides is 1. The average Bonchev–Trinajstić information content (AvgIpc) is 2.29. The Morgan fingerprint density at radius 3 is 2.44 bits per heavy atom. The molecule has 0 aromatic heterocycles. The normalized spacial score (nSPS) is 11.0. The first-order chi connectivity index (χ1) is 8.24. The van der Waals surface area contributed by atoms with E-state index in [0.29, 0.717) is 0 Å². The molecular formula is C12H15NO5. The Morgan fingerprint density at radius 1 is 1.28 bits per heavy atom. The summed E-state index contributed by atoms with van der Waals surface area (Å²) in [6.07, 6.45) is 0. The van der Waals surface area contributed by atoms with Crippen LogP contribution in [-0.4, -0.2) is 33.7 Å². The number of carbonyl (C=O) groups excluding carboxylic acids is 1. The van der Waals surface area contributed by atoms with Crippen LogP contribution in [0.2, 0.25) is 0 Å². The van der Waals surface area contributed by atoms with Gasteiger partial charge in [-0.2, -0.15) is 0 Å². The van der Waals surface area contributed by atoms with Crippen LogP contribution in [0.15, 0.2) is 18.2 Å². The van der Waals surface area contributed by atoms with Gasteiger partial charge in [0.25, 0.3) is 5.91 Å². The highest BCUT2D eigenvalue weighted by Gasteiger charge is 2.28. The van der Waals surface area contributed by atoms with Crippen molar-refractivity contribution in [3.05, 3.63) is 23.8 Å². The van der Waals surface area contributed by atoms with Crippen molar-refractivity contribution in [2.45, 2.75) is 13.8 Å². The van der Waals surface area contributed by atoms with E-state index in [9.17, 15) is 19.8 Å². The fourth-order valence-electron chi connectivity index (χ4n) is 1.18. The van der Waals surface area contributed by atoms with Gasteiger partial charge >= 0.3 is 5.97 Å². The van der Waals surface area contributed by atoms with Crippen molar-refractivity contribution >= 4 is 11.9 Å². The minimum absolute atomic E-state index is 0.0870. The van der Waals surface area contributed by atoms with E-state index in [-0.39, 0.29) is 23.6 Å². The van der Waals surface area contributed by atoms with Gasteiger partial charge < -0.3 is 20.6 Å². The molecule has 0 fully saturated rings. The summed E-state index contributed by atoms with van der Waals surface area (Å²) in [7, 11) is 0. The van der Waals surface area contributed by atoms with E-state index in [1.54, 1.807) is 0 Å². The average molecular weight is 253 g/mol. The topological polar surface area (TPSA) is 107 Å². The van der Waals surface area contributed by atoms with Crippen molar-refractivity contribution in [1.82, 2.24) is 5.32 Å². The smallest absolute Gasteiger partial charge is 0.310 e. The Labute approximate surface area is 104 Å². The Balaban J connectivity index is 2.78. The highest BCUT2D eigenvalue weighted by atomic mass is 16.4. The van der Waals surface area contributed by atoms with Crippen LogP contribution in [0.1, 0.15) is 24.2 Å². The predicted octanol–water partition coefficient (Wildman–Crippen LogP) is 0.938. The van der Waals surface area contributed by atoms with E-state index in [0.717, 1.165) is 6.07 Å². The third kappa shape index (κ3) is 3.13. The standard InChI is InChI=1S/C12H15NO5/c1-12(2,11(17)18)6-13-10(16)8-5-7(14)3-4-9(8)15/h3-5,14-15H,6H2,1-2H3,(H,13,16)(H,17,18). The van der Waals surface area contributed by atoms with Gasteiger partial charge in [-0.25, -0.2) is 0 Å². The Bertz CT molecular complexity index is 481. The van der Waals surface area contributed by atoms with Gasteiger partial charge in [-0.15, -0.1) is 0 Å². The molecule has 1 aromatic carbocycles. The summed E-state index contributed by atoms with van der Waals surface area (Å²) in [4.78, 5) is 22.6. The predicted molar refractivity (Wildman–Crippen MR) is 63.5 cm³/mol. The van der Waals surface area contributed by atoms with E-state index in [2.05, 4.69) is 5.32 Å². The largest absolute Gasteiger partial charge is 0.508 e. The molecule has 4 N–H and O–H groups in total. The highest BCUT2D eigenvalue weighted by Crippen LogP contribution is 2.22. The Hall–Kier alpha value is -2.24. The van der Waals surface area contributed by atoms with Crippen LogP contribution in [0.3, 0.4) is 0 Å². The maximum atomic E-state index is 11.7. The van der Waals surface area contributed by atoms with Crippen LogP contribution in [0.25, 0.3) is 0 Å². The maximum Gasteiger partial charge on any atom is 0.310 e.